The standard InChI is InChI=1S/C33H19F5N4.Pt/c34-23-17-18-24(25(35)19-23)26-13-7-15-29(39-26)32(21-9-3-1-4-10-21,22-11-5-2-6-12-22)30-16-8-14-27(40-30)28-20-31(42-41-28)33(36,37)38;/h1-17,19-20H;/q-2;+2. The second kappa shape index (κ2) is 12.0. The van der Waals surface area contributed by atoms with Crippen LogP contribution in [0.5, 0.6) is 0 Å². The van der Waals surface area contributed by atoms with Gasteiger partial charge < -0.3 is 10.2 Å². The molecule has 4 nitrogen and oxygen atoms in total. The molecule has 10 heteroatoms. The van der Waals surface area contributed by atoms with E-state index in [1.54, 1.807) is 36.4 Å². The summed E-state index contributed by atoms with van der Waals surface area (Å²) in [4.78, 5) is 9.69. The van der Waals surface area contributed by atoms with Gasteiger partial charge in [0.05, 0.1) is 11.4 Å². The van der Waals surface area contributed by atoms with Crippen LogP contribution >= 0.6 is 0 Å². The molecule has 0 spiro atoms. The summed E-state index contributed by atoms with van der Waals surface area (Å²) < 4.78 is 68.4. The summed E-state index contributed by atoms with van der Waals surface area (Å²) in [5.74, 6) is -1.58. The molecule has 3 aromatic heterocycles. The number of alkyl halides is 3. The Labute approximate surface area is 257 Å². The predicted octanol–water partition coefficient (Wildman–Crippen LogP) is 7.64. The monoisotopic (exact) mass is 761 g/mol. The van der Waals surface area contributed by atoms with E-state index < -0.39 is 28.9 Å². The first kappa shape index (κ1) is 30.0. The van der Waals surface area contributed by atoms with E-state index >= 15 is 0 Å². The second-order valence-corrected chi connectivity index (χ2v) is 9.45. The maximum Gasteiger partial charge on any atom is 2.00 e. The van der Waals surface area contributed by atoms with Crippen LogP contribution in [-0.4, -0.2) is 15.1 Å². The van der Waals surface area contributed by atoms with Crippen molar-refractivity contribution in [2.75, 3.05) is 0 Å². The summed E-state index contributed by atoms with van der Waals surface area (Å²) in [6.45, 7) is 0. The number of hydrogen-bond acceptors (Lipinski definition) is 3. The molecule has 3 aromatic carbocycles. The topological polar surface area (TPSA) is 52.8 Å². The van der Waals surface area contributed by atoms with Crippen LogP contribution < -0.4 is 5.10 Å². The summed E-state index contributed by atoms with van der Waals surface area (Å²) in [6.07, 6.45) is -4.66. The number of rotatable bonds is 6. The van der Waals surface area contributed by atoms with E-state index in [1.165, 1.54) is 0 Å². The van der Waals surface area contributed by atoms with Crippen molar-refractivity contribution in [3.63, 3.8) is 0 Å². The van der Waals surface area contributed by atoms with E-state index in [1.807, 2.05) is 60.7 Å². The van der Waals surface area contributed by atoms with Gasteiger partial charge in [-0.05, 0) is 41.1 Å². The van der Waals surface area contributed by atoms with Gasteiger partial charge in [0.2, 0.25) is 0 Å². The molecule has 0 aliphatic heterocycles. The van der Waals surface area contributed by atoms with Crippen LogP contribution in [0.25, 0.3) is 22.6 Å². The average Bonchev–Trinajstić information content (AvgIpc) is 3.51. The first-order chi connectivity index (χ1) is 20.3. The molecule has 0 N–H and O–H groups in total. The molecule has 0 atom stereocenters. The van der Waals surface area contributed by atoms with Crippen molar-refractivity contribution >= 4 is 0 Å². The maximum absolute atomic E-state index is 14.8. The Morgan fingerprint density at radius 1 is 0.628 bits per heavy atom. The molecule has 0 aliphatic carbocycles. The van der Waals surface area contributed by atoms with Gasteiger partial charge in [-0.25, -0.2) is 0 Å². The van der Waals surface area contributed by atoms with Gasteiger partial charge in [0.25, 0.3) is 0 Å². The fourth-order valence-electron chi connectivity index (χ4n) is 5.03. The van der Waals surface area contributed by atoms with Crippen molar-refractivity contribution in [2.24, 2.45) is 0 Å². The van der Waals surface area contributed by atoms with Gasteiger partial charge >= 0.3 is 27.2 Å². The Morgan fingerprint density at radius 2 is 1.19 bits per heavy atom. The molecular formula is C33H19F5N4Pt. The zero-order valence-corrected chi connectivity index (χ0v) is 24.2. The molecule has 0 saturated carbocycles. The molecule has 6 rings (SSSR count). The molecule has 0 fully saturated rings. The number of benzene rings is 3. The minimum absolute atomic E-state index is 0. The predicted molar refractivity (Wildman–Crippen MR) is 146 cm³/mol. The Bertz CT molecular complexity index is 1820. The zero-order valence-electron chi connectivity index (χ0n) is 22.0. The molecule has 0 saturated heterocycles. The molecule has 0 aliphatic rings. The Balaban J connectivity index is 0.00000368. The normalized spacial score (nSPS) is 11.7. The summed E-state index contributed by atoms with van der Waals surface area (Å²) in [7, 11) is 0. The summed E-state index contributed by atoms with van der Waals surface area (Å²) >= 11 is 0. The Morgan fingerprint density at radius 3 is 1.72 bits per heavy atom. The van der Waals surface area contributed by atoms with Gasteiger partial charge in [-0.1, -0.05) is 96.2 Å². The molecule has 0 bridgehead atoms. The van der Waals surface area contributed by atoms with Gasteiger partial charge in [-0.3, -0.25) is 18.7 Å². The zero-order chi connectivity index (χ0) is 29.3. The van der Waals surface area contributed by atoms with Crippen LogP contribution in [-0.2, 0) is 32.7 Å². The van der Waals surface area contributed by atoms with Crippen molar-refractivity contribution in [3.05, 3.63) is 161 Å². The Hall–Kier alpha value is -4.49. The fourth-order valence-corrected chi connectivity index (χ4v) is 5.03. The van der Waals surface area contributed by atoms with Crippen molar-refractivity contribution < 1.29 is 43.0 Å². The van der Waals surface area contributed by atoms with Crippen molar-refractivity contribution in [1.82, 2.24) is 20.2 Å². The fraction of sp³-hybridized carbons (Fsp3) is 0.0606. The number of aromatic nitrogens is 4. The van der Waals surface area contributed by atoms with Crippen LogP contribution in [0.1, 0.15) is 28.2 Å². The molecule has 216 valence electrons. The van der Waals surface area contributed by atoms with E-state index in [0.717, 1.165) is 29.3 Å². The smallest absolute Gasteiger partial charge is 0.573 e. The Kier molecular flexibility index (Phi) is 8.38. The minimum Gasteiger partial charge on any atom is -0.573 e. The third kappa shape index (κ3) is 5.65. The van der Waals surface area contributed by atoms with Crippen molar-refractivity contribution in [3.8, 4) is 22.6 Å². The summed E-state index contributed by atoms with van der Waals surface area (Å²) in [6, 6.07) is 34.0. The van der Waals surface area contributed by atoms with Crippen LogP contribution in [0.2, 0.25) is 0 Å². The first-order valence-electron chi connectivity index (χ1n) is 12.8. The van der Waals surface area contributed by atoms with E-state index in [2.05, 4.69) is 16.3 Å². The average molecular weight is 762 g/mol. The third-order valence-electron chi connectivity index (χ3n) is 6.89. The van der Waals surface area contributed by atoms with Gasteiger partial charge in [0, 0.05) is 17.3 Å². The van der Waals surface area contributed by atoms with Gasteiger partial charge in [-0.15, -0.1) is 12.1 Å². The molecular weight excluding hydrogens is 742 g/mol. The quantitative estimate of drug-likeness (QED) is 0.129. The number of pyridine rings is 2. The van der Waals surface area contributed by atoms with Crippen LogP contribution in [0.4, 0.5) is 22.0 Å². The largest absolute Gasteiger partial charge is 2.00 e. The molecule has 0 amide bonds. The van der Waals surface area contributed by atoms with Crippen LogP contribution in [0.3, 0.4) is 0 Å². The molecule has 43 heavy (non-hydrogen) atoms. The van der Waals surface area contributed by atoms with E-state index in [0.29, 0.717) is 11.4 Å². The molecule has 3 heterocycles. The number of hydrogen-bond donors (Lipinski definition) is 0. The maximum atomic E-state index is 14.8. The SMILES string of the molecule is Fc1c[c-]c(-c2cccc(C(c3ccccc3)(c3ccccc3)c3cccc(-c4cc(C(F)(F)F)n[n-]4)n3)n2)c(F)c1.[Pt+2]. The van der Waals surface area contributed by atoms with Crippen molar-refractivity contribution in [1.29, 1.82) is 0 Å². The third-order valence-corrected chi connectivity index (χ3v) is 6.89. The summed E-state index contributed by atoms with van der Waals surface area (Å²) in [5.41, 5.74) is 0.399. The van der Waals surface area contributed by atoms with E-state index in [-0.39, 0.29) is 43.7 Å². The first-order valence-corrected chi connectivity index (χ1v) is 12.8. The van der Waals surface area contributed by atoms with E-state index in [9.17, 15) is 22.0 Å². The molecule has 6 aromatic rings. The minimum atomic E-state index is -4.66. The number of halogens is 5. The molecule has 0 radical (unpaired) electrons. The second-order valence-electron chi connectivity index (χ2n) is 9.45. The van der Waals surface area contributed by atoms with Gasteiger partial charge in [-0.2, -0.15) is 13.2 Å². The van der Waals surface area contributed by atoms with Crippen LogP contribution in [0.15, 0.2) is 115 Å². The molecule has 0 unspecified atom stereocenters. The van der Waals surface area contributed by atoms with Crippen molar-refractivity contribution in [2.45, 2.75) is 11.6 Å². The van der Waals surface area contributed by atoms with Crippen LogP contribution in [0, 0.1) is 17.7 Å². The van der Waals surface area contributed by atoms with E-state index in [4.69, 9.17) is 9.97 Å². The number of nitrogens with zero attached hydrogens (tertiary/aromatic N) is 4. The van der Waals surface area contributed by atoms with Gasteiger partial charge in [0.1, 0.15) is 11.1 Å². The summed E-state index contributed by atoms with van der Waals surface area (Å²) in [5, 5.41) is 7.04. The van der Waals surface area contributed by atoms with Gasteiger partial charge in [0.15, 0.2) is 0 Å².